The molecule has 0 bridgehead atoms. The third kappa shape index (κ3) is 3.18. The summed E-state index contributed by atoms with van der Waals surface area (Å²) in [7, 11) is 0. The second-order valence-corrected chi connectivity index (χ2v) is 6.63. The van der Waals surface area contributed by atoms with Crippen LogP contribution in [0.4, 0.5) is 0 Å². The molecule has 1 aromatic carbocycles. The fourth-order valence-corrected chi connectivity index (χ4v) is 2.89. The number of halogens is 1. The second kappa shape index (κ2) is 5.63. The van der Waals surface area contributed by atoms with Crippen molar-refractivity contribution >= 4 is 39.1 Å². The number of benzene rings is 1. The predicted molar refractivity (Wildman–Crippen MR) is 81.3 cm³/mol. The van der Waals surface area contributed by atoms with E-state index in [0.29, 0.717) is 0 Å². The van der Waals surface area contributed by atoms with E-state index in [0.717, 1.165) is 19.8 Å². The minimum Gasteiger partial charge on any atom is -0.289 e. The summed E-state index contributed by atoms with van der Waals surface area (Å²) >= 11 is 5.01. The third-order valence-electron chi connectivity index (χ3n) is 2.78. The van der Waals surface area contributed by atoms with Crippen molar-refractivity contribution in [1.29, 1.82) is 0 Å². The van der Waals surface area contributed by atoms with Crippen molar-refractivity contribution in [2.24, 2.45) is 0 Å². The van der Waals surface area contributed by atoms with Crippen LogP contribution in [0.25, 0.3) is 6.08 Å². The van der Waals surface area contributed by atoms with Crippen LogP contribution in [-0.4, -0.2) is 5.78 Å². The lowest BCUT2D eigenvalue weighted by Crippen LogP contribution is -1.95. The molecule has 18 heavy (non-hydrogen) atoms. The third-order valence-corrected chi connectivity index (χ3v) is 4.37. The fraction of sp³-hybridized carbons (Fsp3) is 0.133. The number of rotatable bonds is 3. The van der Waals surface area contributed by atoms with Gasteiger partial charge in [-0.3, -0.25) is 4.79 Å². The molecule has 0 saturated heterocycles. The fourth-order valence-electron chi connectivity index (χ4n) is 1.57. The van der Waals surface area contributed by atoms with Gasteiger partial charge in [-0.15, -0.1) is 11.3 Å². The van der Waals surface area contributed by atoms with Crippen LogP contribution in [0.1, 0.15) is 26.4 Å². The largest absolute Gasteiger partial charge is 0.289 e. The molecular weight excluding hydrogens is 308 g/mol. The van der Waals surface area contributed by atoms with E-state index in [1.807, 2.05) is 50.3 Å². The number of thiophene rings is 1. The van der Waals surface area contributed by atoms with Gasteiger partial charge in [-0.25, -0.2) is 0 Å². The highest BCUT2D eigenvalue weighted by atomic mass is 79.9. The van der Waals surface area contributed by atoms with Gasteiger partial charge >= 0.3 is 0 Å². The number of hydrogen-bond acceptors (Lipinski definition) is 2. The Labute approximate surface area is 119 Å². The molecule has 1 heterocycles. The summed E-state index contributed by atoms with van der Waals surface area (Å²) in [6, 6.07) is 9.76. The first-order chi connectivity index (χ1) is 8.56. The van der Waals surface area contributed by atoms with Crippen molar-refractivity contribution in [3.63, 3.8) is 0 Å². The molecule has 2 aromatic rings. The standard InChI is InChI=1S/C15H13BrOS/c1-10-3-4-12(9-11(10)2)14(17)7-5-13-6-8-15(16)18-13/h3-9H,1-2H3/b7-5+. The Hall–Kier alpha value is -1.19. The van der Waals surface area contributed by atoms with E-state index in [2.05, 4.69) is 15.9 Å². The molecule has 2 rings (SSSR count). The van der Waals surface area contributed by atoms with Gasteiger partial charge in [-0.1, -0.05) is 12.1 Å². The van der Waals surface area contributed by atoms with Crippen LogP contribution < -0.4 is 0 Å². The van der Waals surface area contributed by atoms with E-state index in [-0.39, 0.29) is 5.78 Å². The van der Waals surface area contributed by atoms with E-state index in [4.69, 9.17) is 0 Å². The number of ketones is 1. The highest BCUT2D eigenvalue weighted by Gasteiger charge is 2.03. The van der Waals surface area contributed by atoms with E-state index in [9.17, 15) is 4.79 Å². The monoisotopic (exact) mass is 320 g/mol. The minimum absolute atomic E-state index is 0.0441. The molecule has 0 aliphatic carbocycles. The maximum Gasteiger partial charge on any atom is 0.185 e. The molecule has 0 atom stereocenters. The van der Waals surface area contributed by atoms with Crippen molar-refractivity contribution in [3.05, 3.63) is 61.8 Å². The Balaban J connectivity index is 2.16. The van der Waals surface area contributed by atoms with Crippen molar-refractivity contribution in [2.75, 3.05) is 0 Å². The maximum absolute atomic E-state index is 12.0. The number of carbonyl (C=O) groups is 1. The summed E-state index contributed by atoms with van der Waals surface area (Å²) in [6.07, 6.45) is 3.48. The van der Waals surface area contributed by atoms with Crippen LogP contribution in [-0.2, 0) is 0 Å². The Morgan fingerprint density at radius 3 is 2.56 bits per heavy atom. The van der Waals surface area contributed by atoms with Crippen LogP contribution in [0.3, 0.4) is 0 Å². The van der Waals surface area contributed by atoms with Gasteiger partial charge in [0.05, 0.1) is 3.79 Å². The molecule has 0 radical (unpaired) electrons. The van der Waals surface area contributed by atoms with Crippen LogP contribution in [0.15, 0.2) is 40.2 Å². The first kappa shape index (κ1) is 13.2. The minimum atomic E-state index is 0.0441. The Kier molecular flexibility index (Phi) is 4.15. The first-order valence-corrected chi connectivity index (χ1v) is 7.22. The molecule has 0 fully saturated rings. The molecular formula is C15H13BrOS. The summed E-state index contributed by atoms with van der Waals surface area (Å²) in [5.41, 5.74) is 3.09. The Morgan fingerprint density at radius 2 is 1.94 bits per heavy atom. The SMILES string of the molecule is Cc1ccc(C(=O)/C=C/c2ccc(Br)s2)cc1C. The maximum atomic E-state index is 12.0. The van der Waals surface area contributed by atoms with E-state index in [1.54, 1.807) is 17.4 Å². The molecule has 0 aliphatic rings. The molecule has 92 valence electrons. The quantitative estimate of drug-likeness (QED) is 0.573. The van der Waals surface area contributed by atoms with Gasteiger partial charge in [0.15, 0.2) is 5.78 Å². The Bertz CT molecular complexity index is 611. The average Bonchev–Trinajstić information content (AvgIpc) is 2.75. The molecule has 0 saturated carbocycles. The summed E-state index contributed by atoms with van der Waals surface area (Å²) in [4.78, 5) is 13.1. The van der Waals surface area contributed by atoms with Gasteiger partial charge < -0.3 is 0 Å². The summed E-state index contributed by atoms with van der Waals surface area (Å²) in [6.45, 7) is 4.06. The topological polar surface area (TPSA) is 17.1 Å². The smallest absolute Gasteiger partial charge is 0.185 e. The average molecular weight is 321 g/mol. The molecule has 0 aliphatic heterocycles. The summed E-state index contributed by atoms with van der Waals surface area (Å²) < 4.78 is 1.07. The second-order valence-electron chi connectivity index (χ2n) is 4.14. The van der Waals surface area contributed by atoms with Crippen LogP contribution >= 0.6 is 27.3 Å². The van der Waals surface area contributed by atoms with Crippen LogP contribution in [0.2, 0.25) is 0 Å². The molecule has 0 spiro atoms. The van der Waals surface area contributed by atoms with Gasteiger partial charge in [0.1, 0.15) is 0 Å². The van der Waals surface area contributed by atoms with Gasteiger partial charge in [-0.2, -0.15) is 0 Å². The molecule has 1 aromatic heterocycles. The summed E-state index contributed by atoms with van der Waals surface area (Å²) in [5, 5.41) is 0. The number of aryl methyl sites for hydroxylation is 2. The van der Waals surface area contributed by atoms with Crippen LogP contribution in [0.5, 0.6) is 0 Å². The highest BCUT2D eigenvalue weighted by Crippen LogP contribution is 2.23. The van der Waals surface area contributed by atoms with Gasteiger partial charge in [0, 0.05) is 10.4 Å². The molecule has 3 heteroatoms. The summed E-state index contributed by atoms with van der Waals surface area (Å²) in [5.74, 6) is 0.0441. The first-order valence-electron chi connectivity index (χ1n) is 5.61. The van der Waals surface area contributed by atoms with Crippen molar-refractivity contribution in [3.8, 4) is 0 Å². The lowest BCUT2D eigenvalue weighted by Gasteiger charge is -2.01. The van der Waals surface area contributed by atoms with Crippen molar-refractivity contribution in [2.45, 2.75) is 13.8 Å². The number of hydrogen-bond donors (Lipinski definition) is 0. The van der Waals surface area contributed by atoms with Crippen molar-refractivity contribution < 1.29 is 4.79 Å². The number of allylic oxidation sites excluding steroid dienone is 1. The van der Waals surface area contributed by atoms with E-state index in [1.165, 1.54) is 5.56 Å². The van der Waals surface area contributed by atoms with E-state index < -0.39 is 0 Å². The Morgan fingerprint density at radius 1 is 1.17 bits per heavy atom. The lowest BCUT2D eigenvalue weighted by molar-refractivity contribution is 0.104. The zero-order valence-corrected chi connectivity index (χ0v) is 12.6. The highest BCUT2D eigenvalue weighted by molar-refractivity contribution is 9.11. The zero-order valence-electron chi connectivity index (χ0n) is 10.2. The van der Waals surface area contributed by atoms with Gasteiger partial charge in [0.25, 0.3) is 0 Å². The van der Waals surface area contributed by atoms with Crippen molar-refractivity contribution in [1.82, 2.24) is 0 Å². The molecule has 0 amide bonds. The van der Waals surface area contributed by atoms with Gasteiger partial charge in [-0.05, 0) is 71.3 Å². The molecule has 0 unspecified atom stereocenters. The van der Waals surface area contributed by atoms with Gasteiger partial charge in [0.2, 0.25) is 0 Å². The number of carbonyl (C=O) groups excluding carboxylic acids is 1. The zero-order chi connectivity index (χ0) is 13.1. The van der Waals surface area contributed by atoms with E-state index >= 15 is 0 Å². The lowest BCUT2D eigenvalue weighted by atomic mass is 10.0. The molecule has 1 nitrogen and oxygen atoms in total. The van der Waals surface area contributed by atoms with Crippen LogP contribution in [0, 0.1) is 13.8 Å². The predicted octanol–water partition coefficient (Wildman–Crippen LogP) is 5.02. The molecule has 0 N–H and O–H groups in total. The normalized spacial score (nSPS) is 11.1.